The molecule has 1 aliphatic rings. The standard InChI is InChI=1S/C13H12ClNO2S2/c14-11-3-1-2-4-12(11)15-19(16,17)13-10(7-8-18-13)9-5-6-9/h1-4,7-9,15H,5-6H2. The van der Waals surface area contributed by atoms with Crippen molar-refractivity contribution in [3.05, 3.63) is 46.3 Å². The minimum atomic E-state index is -3.54. The summed E-state index contributed by atoms with van der Waals surface area (Å²) in [6.45, 7) is 0. The predicted molar refractivity (Wildman–Crippen MR) is 78.6 cm³/mol. The molecule has 0 bridgehead atoms. The molecule has 0 unspecified atom stereocenters. The number of hydrogen-bond acceptors (Lipinski definition) is 3. The summed E-state index contributed by atoms with van der Waals surface area (Å²) in [4.78, 5) is 0. The lowest BCUT2D eigenvalue weighted by molar-refractivity contribution is 0.602. The molecule has 1 aromatic carbocycles. The number of hydrogen-bond donors (Lipinski definition) is 1. The van der Waals surface area contributed by atoms with Crippen LogP contribution in [0.4, 0.5) is 5.69 Å². The number of anilines is 1. The molecule has 0 aliphatic heterocycles. The lowest BCUT2D eigenvalue weighted by atomic mass is 10.2. The van der Waals surface area contributed by atoms with Crippen molar-refractivity contribution in [1.29, 1.82) is 0 Å². The Hall–Kier alpha value is -1.04. The van der Waals surface area contributed by atoms with E-state index in [0.717, 1.165) is 18.4 Å². The van der Waals surface area contributed by atoms with E-state index in [1.165, 1.54) is 11.3 Å². The Morgan fingerprint density at radius 1 is 1.21 bits per heavy atom. The highest BCUT2D eigenvalue weighted by atomic mass is 35.5. The highest BCUT2D eigenvalue weighted by Crippen LogP contribution is 2.45. The zero-order valence-corrected chi connectivity index (χ0v) is 12.4. The van der Waals surface area contributed by atoms with Crippen LogP contribution in [0.15, 0.2) is 39.9 Å². The summed E-state index contributed by atoms with van der Waals surface area (Å²) in [5.74, 6) is 0.407. The summed E-state index contributed by atoms with van der Waals surface area (Å²) in [5, 5.41) is 2.23. The van der Waals surface area contributed by atoms with Crippen molar-refractivity contribution in [3.8, 4) is 0 Å². The first-order valence-electron chi connectivity index (χ1n) is 5.92. The summed E-state index contributed by atoms with van der Waals surface area (Å²) < 4.78 is 27.8. The van der Waals surface area contributed by atoms with E-state index in [9.17, 15) is 8.42 Å². The van der Waals surface area contributed by atoms with E-state index < -0.39 is 10.0 Å². The first kappa shape index (κ1) is 13.0. The molecular weight excluding hydrogens is 302 g/mol. The molecule has 1 heterocycles. The van der Waals surface area contributed by atoms with Crippen LogP contribution in [0.2, 0.25) is 5.02 Å². The third kappa shape index (κ3) is 2.63. The van der Waals surface area contributed by atoms with E-state index in [1.807, 2.05) is 11.4 Å². The third-order valence-corrected chi connectivity index (χ3v) is 6.25. The van der Waals surface area contributed by atoms with Gasteiger partial charge in [0.15, 0.2) is 0 Å². The minimum absolute atomic E-state index is 0.399. The van der Waals surface area contributed by atoms with Crippen LogP contribution in [0.5, 0.6) is 0 Å². The van der Waals surface area contributed by atoms with E-state index >= 15 is 0 Å². The first-order valence-corrected chi connectivity index (χ1v) is 8.67. The maximum atomic E-state index is 12.4. The Morgan fingerprint density at radius 3 is 2.63 bits per heavy atom. The van der Waals surface area contributed by atoms with E-state index in [4.69, 9.17) is 11.6 Å². The molecular formula is C13H12ClNO2S2. The molecule has 3 nitrogen and oxygen atoms in total. The molecule has 0 saturated heterocycles. The van der Waals surface area contributed by atoms with Crippen molar-refractivity contribution >= 4 is 38.6 Å². The van der Waals surface area contributed by atoms with E-state index in [2.05, 4.69) is 4.72 Å². The quantitative estimate of drug-likeness (QED) is 0.924. The zero-order chi connectivity index (χ0) is 13.5. The van der Waals surface area contributed by atoms with Crippen molar-refractivity contribution in [2.75, 3.05) is 4.72 Å². The smallest absolute Gasteiger partial charge is 0.271 e. The number of thiophene rings is 1. The summed E-state index contributed by atoms with van der Waals surface area (Å²) >= 11 is 7.24. The molecule has 1 aromatic heterocycles. The Bertz CT molecular complexity index is 705. The van der Waals surface area contributed by atoms with Gasteiger partial charge in [-0.25, -0.2) is 8.42 Å². The largest absolute Gasteiger partial charge is 0.277 e. The van der Waals surface area contributed by atoms with E-state index in [-0.39, 0.29) is 0 Å². The molecule has 0 amide bonds. The second-order valence-corrected chi connectivity index (χ2v) is 7.72. The molecule has 1 saturated carbocycles. The molecule has 19 heavy (non-hydrogen) atoms. The molecule has 0 radical (unpaired) electrons. The van der Waals surface area contributed by atoms with Crippen molar-refractivity contribution < 1.29 is 8.42 Å². The number of sulfonamides is 1. The highest BCUT2D eigenvalue weighted by molar-refractivity contribution is 7.94. The van der Waals surface area contributed by atoms with Gasteiger partial charge in [0.2, 0.25) is 0 Å². The lowest BCUT2D eigenvalue weighted by Crippen LogP contribution is -2.13. The number of halogens is 1. The fourth-order valence-electron chi connectivity index (χ4n) is 1.96. The predicted octanol–water partition coefficient (Wildman–Crippen LogP) is 4.08. The normalized spacial score (nSPS) is 15.4. The van der Waals surface area contributed by atoms with Crippen LogP contribution in [-0.2, 0) is 10.0 Å². The number of nitrogens with one attached hydrogen (secondary N) is 1. The topological polar surface area (TPSA) is 46.2 Å². The third-order valence-electron chi connectivity index (χ3n) is 3.04. The maximum absolute atomic E-state index is 12.4. The molecule has 100 valence electrons. The molecule has 0 atom stereocenters. The second kappa shape index (κ2) is 4.81. The maximum Gasteiger partial charge on any atom is 0.271 e. The molecule has 0 spiro atoms. The Balaban J connectivity index is 1.95. The van der Waals surface area contributed by atoms with Gasteiger partial charge in [0.05, 0.1) is 10.7 Å². The highest BCUT2D eigenvalue weighted by Gasteiger charge is 2.31. The van der Waals surface area contributed by atoms with Crippen LogP contribution < -0.4 is 4.72 Å². The molecule has 3 rings (SSSR count). The van der Waals surface area contributed by atoms with Gasteiger partial charge < -0.3 is 0 Å². The summed E-state index contributed by atoms with van der Waals surface area (Å²) in [6.07, 6.45) is 2.15. The van der Waals surface area contributed by atoms with Crippen molar-refractivity contribution in [2.45, 2.75) is 23.0 Å². The van der Waals surface area contributed by atoms with E-state index in [1.54, 1.807) is 24.3 Å². The van der Waals surface area contributed by atoms with Crippen molar-refractivity contribution in [3.63, 3.8) is 0 Å². The fourth-order valence-corrected chi connectivity index (χ4v) is 4.81. The first-order chi connectivity index (χ1) is 9.08. The van der Waals surface area contributed by atoms with Crippen LogP contribution in [0, 0.1) is 0 Å². The Labute approximate surface area is 121 Å². The van der Waals surface area contributed by atoms with Crippen molar-refractivity contribution in [2.24, 2.45) is 0 Å². The Kier molecular flexibility index (Phi) is 3.28. The average molecular weight is 314 g/mol. The summed E-state index contributed by atoms with van der Waals surface area (Å²) in [7, 11) is -3.54. The zero-order valence-electron chi connectivity index (χ0n) is 9.97. The molecule has 1 N–H and O–H groups in total. The van der Waals surface area contributed by atoms with Crippen LogP contribution in [0.1, 0.15) is 24.3 Å². The van der Waals surface area contributed by atoms with Gasteiger partial charge in [-0.2, -0.15) is 0 Å². The average Bonchev–Trinajstić information content (AvgIpc) is 3.09. The SMILES string of the molecule is O=S(=O)(Nc1ccccc1Cl)c1sccc1C1CC1. The molecule has 2 aromatic rings. The number of para-hydroxylation sites is 1. The van der Waals surface area contributed by atoms with Gasteiger partial charge in [0, 0.05) is 0 Å². The van der Waals surface area contributed by atoms with Crippen LogP contribution >= 0.6 is 22.9 Å². The van der Waals surface area contributed by atoms with Gasteiger partial charge in [-0.3, -0.25) is 4.72 Å². The van der Waals surface area contributed by atoms with Gasteiger partial charge >= 0.3 is 0 Å². The number of benzene rings is 1. The fraction of sp³-hybridized carbons (Fsp3) is 0.231. The minimum Gasteiger partial charge on any atom is -0.277 e. The van der Waals surface area contributed by atoms with Gasteiger partial charge in [-0.05, 0) is 47.9 Å². The number of rotatable bonds is 4. The van der Waals surface area contributed by atoms with Crippen LogP contribution in [0.3, 0.4) is 0 Å². The van der Waals surface area contributed by atoms with Gasteiger partial charge in [0.1, 0.15) is 4.21 Å². The lowest BCUT2D eigenvalue weighted by Gasteiger charge is -2.09. The second-order valence-electron chi connectivity index (χ2n) is 4.52. The van der Waals surface area contributed by atoms with Crippen molar-refractivity contribution in [1.82, 2.24) is 0 Å². The molecule has 1 fully saturated rings. The van der Waals surface area contributed by atoms with Gasteiger partial charge in [0.25, 0.3) is 10.0 Å². The van der Waals surface area contributed by atoms with Crippen LogP contribution in [-0.4, -0.2) is 8.42 Å². The monoisotopic (exact) mass is 313 g/mol. The Morgan fingerprint density at radius 2 is 1.95 bits per heavy atom. The van der Waals surface area contributed by atoms with Gasteiger partial charge in [-0.1, -0.05) is 23.7 Å². The van der Waals surface area contributed by atoms with E-state index in [0.29, 0.717) is 20.8 Å². The molecule has 1 aliphatic carbocycles. The summed E-state index contributed by atoms with van der Waals surface area (Å²) in [5.41, 5.74) is 1.35. The van der Waals surface area contributed by atoms with Gasteiger partial charge in [-0.15, -0.1) is 11.3 Å². The summed E-state index contributed by atoms with van der Waals surface area (Å²) in [6, 6.07) is 8.74. The van der Waals surface area contributed by atoms with Crippen LogP contribution in [0.25, 0.3) is 0 Å². The molecule has 6 heteroatoms.